The van der Waals surface area contributed by atoms with Gasteiger partial charge in [0.15, 0.2) is 11.4 Å². The fourth-order valence-corrected chi connectivity index (χ4v) is 2.35. The van der Waals surface area contributed by atoms with Gasteiger partial charge in [0.2, 0.25) is 0 Å². The van der Waals surface area contributed by atoms with Crippen molar-refractivity contribution in [3.63, 3.8) is 0 Å². The van der Waals surface area contributed by atoms with Gasteiger partial charge in [-0.05, 0) is 25.3 Å². The van der Waals surface area contributed by atoms with Crippen LogP contribution in [0.3, 0.4) is 0 Å². The molecule has 1 aromatic rings. The maximum atomic E-state index is 11.6. The molecule has 1 aromatic heterocycles. The van der Waals surface area contributed by atoms with E-state index in [4.69, 9.17) is 14.5 Å². The number of ether oxygens (including phenoxy) is 1. The van der Waals surface area contributed by atoms with Crippen LogP contribution in [0.2, 0.25) is 0 Å². The van der Waals surface area contributed by atoms with E-state index in [1.54, 1.807) is 16.8 Å². The van der Waals surface area contributed by atoms with Crippen LogP contribution in [0.5, 0.6) is 5.75 Å². The molecule has 0 amide bonds. The Morgan fingerprint density at radius 3 is 2.62 bits per heavy atom. The Bertz CT molecular complexity index is 406. The summed E-state index contributed by atoms with van der Waals surface area (Å²) >= 11 is 1.42. The quantitative estimate of drug-likeness (QED) is 0.790. The van der Waals surface area contributed by atoms with Gasteiger partial charge in [0, 0.05) is 5.38 Å². The zero-order chi connectivity index (χ0) is 12.4. The topological polar surface area (TPSA) is 83.8 Å². The zero-order valence-corrected chi connectivity index (χ0v) is 10.6. The van der Waals surface area contributed by atoms with Crippen LogP contribution in [-0.2, 0) is 9.36 Å². The molecule has 90 valence electrons. The monoisotopic (exact) mass is 264 g/mol. The third kappa shape index (κ3) is 4.06. The first-order valence-corrected chi connectivity index (χ1v) is 7.24. The van der Waals surface area contributed by atoms with Gasteiger partial charge in [0.05, 0.1) is 0 Å². The van der Waals surface area contributed by atoms with Gasteiger partial charge in [0.1, 0.15) is 11.9 Å². The Kier molecular flexibility index (Phi) is 3.91. The van der Waals surface area contributed by atoms with E-state index in [-0.39, 0.29) is 0 Å². The van der Waals surface area contributed by atoms with Crippen LogP contribution in [0, 0.1) is 0 Å². The highest BCUT2D eigenvalue weighted by Gasteiger charge is 2.34. The van der Waals surface area contributed by atoms with E-state index in [2.05, 4.69) is 0 Å². The van der Waals surface area contributed by atoms with E-state index in [1.165, 1.54) is 25.2 Å². The number of rotatable bonds is 5. The lowest BCUT2D eigenvalue weighted by molar-refractivity contribution is -0.129. The summed E-state index contributed by atoms with van der Waals surface area (Å²) in [5.41, 5.74) is -1.23. The SMILES string of the molecule is CC(C)(Oc1ccsc1)C(=O)CP(=O)(O)O. The minimum absolute atomic E-state index is 0.522. The maximum absolute atomic E-state index is 11.6. The van der Waals surface area contributed by atoms with Gasteiger partial charge in [-0.1, -0.05) is 0 Å². The maximum Gasteiger partial charge on any atom is 0.333 e. The number of Topliss-reactive ketones (excluding diaryl/α,β-unsaturated/α-hetero) is 1. The molecular formula is C9H13O5PS. The molecule has 0 aliphatic heterocycles. The molecule has 0 atom stereocenters. The molecule has 5 nitrogen and oxygen atoms in total. The Labute approximate surface area is 97.2 Å². The molecule has 0 aromatic carbocycles. The average molecular weight is 264 g/mol. The molecule has 0 saturated heterocycles. The van der Waals surface area contributed by atoms with E-state index < -0.39 is 25.1 Å². The van der Waals surface area contributed by atoms with E-state index in [9.17, 15) is 9.36 Å². The first-order chi connectivity index (χ1) is 7.21. The summed E-state index contributed by atoms with van der Waals surface area (Å²) in [6.45, 7) is 2.98. The Balaban J connectivity index is 2.70. The summed E-state index contributed by atoms with van der Waals surface area (Å²) < 4.78 is 16.1. The summed E-state index contributed by atoms with van der Waals surface area (Å²) in [7, 11) is -4.34. The molecule has 1 rings (SSSR count). The molecule has 7 heteroatoms. The van der Waals surface area contributed by atoms with Gasteiger partial charge in [-0.25, -0.2) is 0 Å². The summed E-state index contributed by atoms with van der Waals surface area (Å²) in [5, 5.41) is 3.51. The third-order valence-electron chi connectivity index (χ3n) is 1.89. The van der Waals surface area contributed by atoms with Crippen LogP contribution in [0.25, 0.3) is 0 Å². The standard InChI is InChI=1S/C9H13O5PS/c1-9(2,8(10)5-15(11,12)13)14-7-3-4-16-6-7/h3-4,6H,5H2,1-2H3,(H2,11,12,13). The number of hydrogen-bond acceptors (Lipinski definition) is 4. The average Bonchev–Trinajstić information content (AvgIpc) is 2.52. The van der Waals surface area contributed by atoms with Gasteiger partial charge < -0.3 is 14.5 Å². The van der Waals surface area contributed by atoms with Crippen molar-refractivity contribution in [2.75, 3.05) is 6.16 Å². The fourth-order valence-electron chi connectivity index (χ4n) is 1.04. The van der Waals surface area contributed by atoms with Gasteiger partial charge in [-0.3, -0.25) is 9.36 Å². The van der Waals surface area contributed by atoms with Gasteiger partial charge in [-0.15, -0.1) is 11.3 Å². The van der Waals surface area contributed by atoms with Gasteiger partial charge in [-0.2, -0.15) is 0 Å². The van der Waals surface area contributed by atoms with Crippen LogP contribution in [0.1, 0.15) is 13.8 Å². The minimum Gasteiger partial charge on any atom is -0.479 e. The van der Waals surface area contributed by atoms with Crippen molar-refractivity contribution in [1.82, 2.24) is 0 Å². The Morgan fingerprint density at radius 2 is 2.19 bits per heavy atom. The first-order valence-electron chi connectivity index (χ1n) is 4.50. The van der Waals surface area contributed by atoms with Crippen molar-refractivity contribution in [2.45, 2.75) is 19.4 Å². The van der Waals surface area contributed by atoms with E-state index in [1.807, 2.05) is 0 Å². The minimum atomic E-state index is -4.34. The van der Waals surface area contributed by atoms with E-state index in [0.29, 0.717) is 5.75 Å². The highest BCUT2D eigenvalue weighted by molar-refractivity contribution is 7.52. The van der Waals surface area contributed by atoms with Crippen molar-refractivity contribution in [3.8, 4) is 5.75 Å². The highest BCUT2D eigenvalue weighted by atomic mass is 32.1. The van der Waals surface area contributed by atoms with Gasteiger partial charge >= 0.3 is 7.60 Å². The van der Waals surface area contributed by atoms with E-state index in [0.717, 1.165) is 0 Å². The first kappa shape index (κ1) is 13.4. The number of carbonyl (C=O) groups excluding carboxylic acids is 1. The Morgan fingerprint density at radius 1 is 1.56 bits per heavy atom. The molecule has 0 aliphatic carbocycles. The lowest BCUT2D eigenvalue weighted by atomic mass is 10.1. The Hall–Kier alpha value is -0.680. The largest absolute Gasteiger partial charge is 0.479 e. The second kappa shape index (κ2) is 4.67. The molecule has 0 aliphatic rings. The zero-order valence-electron chi connectivity index (χ0n) is 8.91. The number of thiophene rings is 1. The molecule has 1 heterocycles. The number of hydrogen-bond donors (Lipinski definition) is 2. The molecule has 0 fully saturated rings. The van der Waals surface area contributed by atoms with Crippen molar-refractivity contribution >= 4 is 24.7 Å². The predicted molar refractivity (Wildman–Crippen MR) is 60.9 cm³/mol. The molecule has 16 heavy (non-hydrogen) atoms. The molecule has 0 unspecified atom stereocenters. The fraction of sp³-hybridized carbons (Fsp3) is 0.444. The van der Waals surface area contributed by atoms with Crippen LogP contribution in [0.4, 0.5) is 0 Å². The molecule has 0 bridgehead atoms. The lowest BCUT2D eigenvalue weighted by Crippen LogP contribution is -2.40. The second-order valence-electron chi connectivity index (χ2n) is 3.82. The normalized spacial score (nSPS) is 12.5. The summed E-state index contributed by atoms with van der Waals surface area (Å²) in [6.07, 6.45) is -0.801. The molecular weight excluding hydrogens is 251 g/mol. The van der Waals surface area contributed by atoms with Crippen molar-refractivity contribution in [3.05, 3.63) is 16.8 Å². The molecule has 0 spiro atoms. The number of ketones is 1. The summed E-state index contributed by atoms with van der Waals surface area (Å²) in [5.74, 6) is -0.0962. The van der Waals surface area contributed by atoms with Crippen LogP contribution >= 0.6 is 18.9 Å². The third-order valence-corrected chi connectivity index (χ3v) is 3.25. The van der Waals surface area contributed by atoms with Crippen molar-refractivity contribution in [2.24, 2.45) is 0 Å². The van der Waals surface area contributed by atoms with E-state index >= 15 is 0 Å². The second-order valence-corrected chi connectivity index (χ2v) is 6.24. The summed E-state index contributed by atoms with van der Waals surface area (Å²) in [6, 6.07) is 1.69. The van der Waals surface area contributed by atoms with Gasteiger partial charge in [0.25, 0.3) is 0 Å². The van der Waals surface area contributed by atoms with Crippen LogP contribution < -0.4 is 4.74 Å². The van der Waals surface area contributed by atoms with Crippen LogP contribution in [0.15, 0.2) is 16.8 Å². The smallest absolute Gasteiger partial charge is 0.333 e. The van der Waals surface area contributed by atoms with Crippen molar-refractivity contribution < 1.29 is 23.9 Å². The summed E-state index contributed by atoms with van der Waals surface area (Å²) in [4.78, 5) is 29.0. The highest BCUT2D eigenvalue weighted by Crippen LogP contribution is 2.36. The molecule has 2 N–H and O–H groups in total. The molecule has 0 radical (unpaired) electrons. The van der Waals surface area contributed by atoms with Crippen LogP contribution in [-0.4, -0.2) is 27.3 Å². The molecule has 0 saturated carbocycles. The number of carbonyl (C=O) groups is 1. The predicted octanol–water partition coefficient (Wildman–Crippen LogP) is 1.65. The van der Waals surface area contributed by atoms with Crippen molar-refractivity contribution in [1.29, 1.82) is 0 Å². The lowest BCUT2D eigenvalue weighted by Gasteiger charge is -2.24.